The van der Waals surface area contributed by atoms with Gasteiger partial charge >= 0.3 is 6.09 Å². The van der Waals surface area contributed by atoms with Gasteiger partial charge in [-0.05, 0) is 32.0 Å². The Morgan fingerprint density at radius 2 is 2.35 bits per heavy atom. The number of aromatic nitrogens is 2. The Morgan fingerprint density at radius 3 is 3.09 bits per heavy atom. The molecule has 0 spiro atoms. The van der Waals surface area contributed by atoms with Crippen LogP contribution in [0.2, 0.25) is 0 Å². The van der Waals surface area contributed by atoms with Crippen molar-refractivity contribution in [2.24, 2.45) is 0 Å². The molecule has 1 fully saturated rings. The van der Waals surface area contributed by atoms with Crippen LogP contribution in [0.15, 0.2) is 51.8 Å². The van der Waals surface area contributed by atoms with Crippen LogP contribution < -0.4 is 9.62 Å². The summed E-state index contributed by atoms with van der Waals surface area (Å²) < 4.78 is 13.3. The molecule has 0 saturated carbocycles. The first-order chi connectivity index (χ1) is 11.1. The van der Waals surface area contributed by atoms with E-state index >= 15 is 0 Å². The van der Waals surface area contributed by atoms with Gasteiger partial charge in [-0.3, -0.25) is 9.62 Å². The number of carbonyl (C=O) groups excluding carboxylic acids is 1. The van der Waals surface area contributed by atoms with Crippen molar-refractivity contribution < 1.29 is 13.9 Å². The first-order valence-corrected chi connectivity index (χ1v) is 7.85. The Morgan fingerprint density at radius 1 is 1.48 bits per heavy atom. The fourth-order valence-corrected chi connectivity index (χ4v) is 2.70. The molecule has 1 amide bonds. The van der Waals surface area contributed by atoms with E-state index in [0.717, 1.165) is 5.57 Å². The molecule has 3 rings (SSSR count). The lowest BCUT2D eigenvalue weighted by Crippen LogP contribution is -2.33. The average Bonchev–Trinajstić information content (AvgIpc) is 3.15. The second kappa shape index (κ2) is 6.74. The first-order valence-electron chi connectivity index (χ1n) is 7.04. The minimum atomic E-state index is -0.407. The third kappa shape index (κ3) is 3.65. The number of cyclic esters (lactones) is 1. The van der Waals surface area contributed by atoms with Gasteiger partial charge in [-0.15, -0.1) is 0 Å². The van der Waals surface area contributed by atoms with Crippen molar-refractivity contribution >= 4 is 29.8 Å². The quantitative estimate of drug-likeness (QED) is 0.663. The molecule has 3 heterocycles. The summed E-state index contributed by atoms with van der Waals surface area (Å²) in [5.41, 5.74) is 1.11. The zero-order valence-corrected chi connectivity index (χ0v) is 13.5. The molecule has 8 heteroatoms. The van der Waals surface area contributed by atoms with E-state index in [1.165, 1.54) is 16.8 Å². The van der Waals surface area contributed by atoms with Crippen molar-refractivity contribution in [1.82, 2.24) is 9.97 Å². The molecule has 0 bridgehead atoms. The van der Waals surface area contributed by atoms with Crippen LogP contribution in [0.4, 0.5) is 16.6 Å². The third-order valence-corrected chi connectivity index (χ3v) is 3.78. The van der Waals surface area contributed by atoms with Crippen LogP contribution in [0.5, 0.6) is 0 Å². The zero-order chi connectivity index (χ0) is 16.2. The molecule has 1 unspecified atom stereocenters. The number of allylic oxidation sites excluding steroid dienone is 1. The van der Waals surface area contributed by atoms with Crippen LogP contribution >= 0.6 is 11.9 Å². The summed E-state index contributed by atoms with van der Waals surface area (Å²) in [6.45, 7) is 4.28. The van der Waals surface area contributed by atoms with Crippen LogP contribution in [0.3, 0.4) is 0 Å². The number of amides is 1. The second-order valence-electron chi connectivity index (χ2n) is 5.13. The van der Waals surface area contributed by atoms with Gasteiger partial charge < -0.3 is 9.15 Å². The topological polar surface area (TPSA) is 80.5 Å². The summed E-state index contributed by atoms with van der Waals surface area (Å²) in [5.74, 6) is 0.882. The van der Waals surface area contributed by atoms with Crippen LogP contribution in [-0.4, -0.2) is 28.7 Å². The number of hydrogen-bond acceptors (Lipinski definition) is 7. The minimum Gasteiger partial charge on any atom is -0.456 e. The highest BCUT2D eigenvalue weighted by Crippen LogP contribution is 2.25. The Labute approximate surface area is 137 Å². The Hall–Kier alpha value is -2.48. The summed E-state index contributed by atoms with van der Waals surface area (Å²) in [4.78, 5) is 22.0. The highest BCUT2D eigenvalue weighted by molar-refractivity contribution is 8.00. The molecule has 1 N–H and O–H groups in total. The van der Waals surface area contributed by atoms with E-state index in [1.54, 1.807) is 24.6 Å². The number of hydrogen-bond donors (Lipinski definition) is 1. The maximum atomic E-state index is 12.0. The Kier molecular flexibility index (Phi) is 4.52. The maximum absolute atomic E-state index is 12.0. The van der Waals surface area contributed by atoms with E-state index < -0.39 is 6.09 Å². The summed E-state index contributed by atoms with van der Waals surface area (Å²) in [6.07, 6.45) is 4.76. The number of rotatable bonds is 5. The number of ether oxygens (including phenoxy) is 1. The molecule has 1 atom stereocenters. The van der Waals surface area contributed by atoms with E-state index in [2.05, 4.69) is 14.7 Å². The van der Waals surface area contributed by atoms with E-state index in [0.29, 0.717) is 23.5 Å². The molecule has 2 aromatic rings. The number of carbonyl (C=O) groups is 1. The Balaban J connectivity index is 1.77. The monoisotopic (exact) mass is 332 g/mol. The number of nitrogens with one attached hydrogen (secondary N) is 1. The van der Waals surface area contributed by atoms with Gasteiger partial charge in [0.15, 0.2) is 5.09 Å². The SMILES string of the molecule is CC(C)=CC1COC(=O)N1c1ccnc(NSc2ccco2)n1. The molecule has 1 aliphatic rings. The molecule has 0 radical (unpaired) electrons. The van der Waals surface area contributed by atoms with Gasteiger partial charge in [0.1, 0.15) is 12.4 Å². The van der Waals surface area contributed by atoms with E-state index in [4.69, 9.17) is 9.15 Å². The van der Waals surface area contributed by atoms with Crippen LogP contribution in [0.1, 0.15) is 13.8 Å². The van der Waals surface area contributed by atoms with E-state index in [9.17, 15) is 4.79 Å². The number of furan rings is 1. The largest absolute Gasteiger partial charge is 0.456 e. The summed E-state index contributed by atoms with van der Waals surface area (Å²) in [6, 6.07) is 5.14. The number of anilines is 2. The van der Waals surface area contributed by atoms with Gasteiger partial charge in [-0.25, -0.2) is 9.78 Å². The molecule has 2 aromatic heterocycles. The molecule has 1 saturated heterocycles. The molecule has 120 valence electrons. The highest BCUT2D eigenvalue weighted by atomic mass is 32.2. The van der Waals surface area contributed by atoms with E-state index in [-0.39, 0.29) is 6.04 Å². The van der Waals surface area contributed by atoms with Crippen LogP contribution in [0, 0.1) is 0 Å². The van der Waals surface area contributed by atoms with Crippen molar-refractivity contribution in [3.63, 3.8) is 0 Å². The van der Waals surface area contributed by atoms with Gasteiger partial charge in [0.2, 0.25) is 5.95 Å². The molecule has 0 aromatic carbocycles. The first kappa shape index (κ1) is 15.4. The lowest BCUT2D eigenvalue weighted by molar-refractivity contribution is 0.179. The van der Waals surface area contributed by atoms with Gasteiger partial charge in [0.25, 0.3) is 0 Å². The standard InChI is InChI=1S/C15H16N4O3S/c1-10(2)8-11-9-22-15(20)19(11)12-5-6-16-14(17-12)18-23-13-4-3-7-21-13/h3-8,11H,9H2,1-2H3,(H,16,17,18). The fourth-order valence-electron chi connectivity index (χ4n) is 2.16. The molecule has 0 aliphatic carbocycles. The van der Waals surface area contributed by atoms with Gasteiger partial charge in [-0.2, -0.15) is 4.98 Å². The summed E-state index contributed by atoms with van der Waals surface area (Å²) in [7, 11) is 0. The normalized spacial score (nSPS) is 17.0. The smallest absolute Gasteiger partial charge is 0.416 e. The predicted molar refractivity (Wildman–Crippen MR) is 87.3 cm³/mol. The Bertz CT molecular complexity index is 713. The highest BCUT2D eigenvalue weighted by Gasteiger charge is 2.33. The fraction of sp³-hybridized carbons (Fsp3) is 0.267. The second-order valence-corrected chi connectivity index (χ2v) is 5.94. The lowest BCUT2D eigenvalue weighted by atomic mass is 10.2. The summed E-state index contributed by atoms with van der Waals surface area (Å²) in [5, 5.41) is 0.696. The molecule has 23 heavy (non-hydrogen) atoms. The lowest BCUT2D eigenvalue weighted by Gasteiger charge is -2.18. The average molecular weight is 332 g/mol. The van der Waals surface area contributed by atoms with Gasteiger partial charge in [-0.1, -0.05) is 11.6 Å². The van der Waals surface area contributed by atoms with Crippen molar-refractivity contribution in [3.8, 4) is 0 Å². The molecule has 1 aliphatic heterocycles. The zero-order valence-electron chi connectivity index (χ0n) is 12.7. The van der Waals surface area contributed by atoms with Gasteiger partial charge in [0.05, 0.1) is 12.3 Å². The molecular weight excluding hydrogens is 316 g/mol. The van der Waals surface area contributed by atoms with Crippen molar-refractivity contribution in [1.29, 1.82) is 0 Å². The van der Waals surface area contributed by atoms with E-state index in [1.807, 2.05) is 26.0 Å². The number of nitrogens with zero attached hydrogens (tertiary/aromatic N) is 3. The van der Waals surface area contributed by atoms with Gasteiger partial charge in [0, 0.05) is 18.1 Å². The minimum absolute atomic E-state index is 0.159. The van der Waals surface area contributed by atoms with Crippen LogP contribution in [-0.2, 0) is 4.74 Å². The van der Waals surface area contributed by atoms with Crippen molar-refractivity contribution in [3.05, 3.63) is 42.3 Å². The van der Waals surface area contributed by atoms with Crippen LogP contribution in [0.25, 0.3) is 0 Å². The van der Waals surface area contributed by atoms with Crippen molar-refractivity contribution in [2.45, 2.75) is 25.0 Å². The predicted octanol–water partition coefficient (Wildman–Crippen LogP) is 3.48. The van der Waals surface area contributed by atoms with Crippen molar-refractivity contribution in [2.75, 3.05) is 16.2 Å². The maximum Gasteiger partial charge on any atom is 0.416 e. The molecule has 7 nitrogen and oxygen atoms in total. The molecular formula is C15H16N4O3S. The third-order valence-electron chi connectivity index (χ3n) is 3.06. The summed E-state index contributed by atoms with van der Waals surface area (Å²) >= 11 is 1.26.